The van der Waals surface area contributed by atoms with Crippen LogP contribution in [0.25, 0.3) is 0 Å². The molecule has 0 aliphatic carbocycles. The van der Waals surface area contributed by atoms with E-state index in [1.165, 1.54) is 0 Å². The van der Waals surface area contributed by atoms with Crippen molar-refractivity contribution >= 4 is 23.1 Å². The summed E-state index contributed by atoms with van der Waals surface area (Å²) in [5.41, 5.74) is 6.48. The minimum absolute atomic E-state index is 0.116. The minimum atomic E-state index is -0.482. The lowest BCUT2D eigenvalue weighted by Gasteiger charge is -2.26. The van der Waals surface area contributed by atoms with E-state index in [2.05, 4.69) is 5.32 Å². The number of hydrogen-bond acceptors (Lipinski definition) is 3. The summed E-state index contributed by atoms with van der Waals surface area (Å²) in [6.45, 7) is 3.19. The van der Waals surface area contributed by atoms with Crippen molar-refractivity contribution in [2.75, 3.05) is 13.2 Å². The second-order valence-corrected chi connectivity index (χ2v) is 5.97. The van der Waals surface area contributed by atoms with Crippen LogP contribution in [0, 0.1) is 5.92 Å². The van der Waals surface area contributed by atoms with Crippen molar-refractivity contribution in [1.82, 2.24) is 5.32 Å². The second kappa shape index (κ2) is 6.33. The maximum atomic E-state index is 12.4. The molecule has 1 aliphatic rings. The van der Waals surface area contributed by atoms with Gasteiger partial charge in [-0.25, -0.2) is 0 Å². The van der Waals surface area contributed by atoms with Gasteiger partial charge >= 0.3 is 0 Å². The molecule has 0 radical (unpaired) electrons. The first-order chi connectivity index (χ1) is 9.50. The molecule has 1 aromatic carbocycles. The number of amides is 1. The van der Waals surface area contributed by atoms with Gasteiger partial charge in [0.25, 0.3) is 0 Å². The molecule has 0 spiro atoms. The Bertz CT molecular complexity index is 484. The lowest BCUT2D eigenvalue weighted by Crippen LogP contribution is -2.51. The van der Waals surface area contributed by atoms with Crippen molar-refractivity contribution in [1.29, 1.82) is 0 Å². The Morgan fingerprint density at radius 3 is 2.75 bits per heavy atom. The predicted molar refractivity (Wildman–Crippen MR) is 82.4 cm³/mol. The Morgan fingerprint density at radius 1 is 1.50 bits per heavy atom. The average Bonchev–Trinajstić information content (AvgIpc) is 2.83. The molecule has 1 amide bonds. The number of carbonyl (C=O) groups excluding carboxylic acids is 1. The van der Waals surface area contributed by atoms with Gasteiger partial charge in [0.2, 0.25) is 5.91 Å². The van der Waals surface area contributed by atoms with Gasteiger partial charge in [-0.15, -0.1) is 0 Å². The maximum Gasteiger partial charge on any atom is 0.230 e. The van der Waals surface area contributed by atoms with Gasteiger partial charge in [-0.3, -0.25) is 4.79 Å². The molecule has 2 atom stereocenters. The van der Waals surface area contributed by atoms with E-state index >= 15 is 0 Å². The third kappa shape index (κ3) is 3.77. The van der Waals surface area contributed by atoms with E-state index < -0.39 is 5.92 Å². The smallest absolute Gasteiger partial charge is 0.230 e. The van der Waals surface area contributed by atoms with Crippen LogP contribution in [0.15, 0.2) is 30.3 Å². The van der Waals surface area contributed by atoms with Crippen molar-refractivity contribution in [3.8, 4) is 0 Å². The van der Waals surface area contributed by atoms with Gasteiger partial charge in [0.1, 0.15) is 0 Å². The van der Waals surface area contributed by atoms with Crippen molar-refractivity contribution in [3.63, 3.8) is 0 Å². The first-order valence-electron chi connectivity index (χ1n) is 6.73. The van der Waals surface area contributed by atoms with E-state index in [1.54, 1.807) is 0 Å². The van der Waals surface area contributed by atoms with Crippen molar-refractivity contribution in [3.05, 3.63) is 35.9 Å². The zero-order valence-corrected chi connectivity index (χ0v) is 12.4. The summed E-state index contributed by atoms with van der Waals surface area (Å²) >= 11 is 5.06. The summed E-state index contributed by atoms with van der Waals surface area (Å²) in [6.07, 6.45) is 1.34. The molecule has 1 saturated heterocycles. The fourth-order valence-electron chi connectivity index (χ4n) is 2.32. The SMILES string of the molecule is CC1(NC(=O)C(Cc2ccccc2)C(N)=S)CCOC1. The fourth-order valence-corrected chi connectivity index (χ4v) is 2.51. The number of carbonyl (C=O) groups is 1. The highest BCUT2D eigenvalue weighted by Gasteiger charge is 2.34. The summed E-state index contributed by atoms with van der Waals surface area (Å²) in [5.74, 6) is -0.598. The molecule has 1 aliphatic heterocycles. The largest absolute Gasteiger partial charge is 0.393 e. The van der Waals surface area contributed by atoms with Crippen molar-refractivity contribution in [2.45, 2.75) is 25.3 Å². The van der Waals surface area contributed by atoms with Gasteiger partial charge in [0, 0.05) is 6.61 Å². The predicted octanol–water partition coefficient (Wildman–Crippen LogP) is 1.43. The number of thiocarbonyl (C=S) groups is 1. The van der Waals surface area contributed by atoms with E-state index in [0.717, 1.165) is 12.0 Å². The number of nitrogens with one attached hydrogen (secondary N) is 1. The first kappa shape index (κ1) is 14.9. The van der Waals surface area contributed by atoms with Crippen LogP contribution in [0.5, 0.6) is 0 Å². The molecule has 0 bridgehead atoms. The Hall–Kier alpha value is -1.46. The molecular formula is C15H20N2O2S. The van der Waals surface area contributed by atoms with Gasteiger partial charge in [-0.05, 0) is 25.3 Å². The van der Waals surface area contributed by atoms with E-state index in [1.807, 2.05) is 37.3 Å². The summed E-state index contributed by atoms with van der Waals surface area (Å²) in [7, 11) is 0. The molecule has 20 heavy (non-hydrogen) atoms. The number of nitrogens with two attached hydrogens (primary N) is 1. The van der Waals surface area contributed by atoms with Gasteiger partial charge in [-0.1, -0.05) is 42.5 Å². The molecule has 1 fully saturated rings. The van der Waals surface area contributed by atoms with Gasteiger partial charge in [0.15, 0.2) is 0 Å². The maximum absolute atomic E-state index is 12.4. The zero-order chi connectivity index (χ0) is 14.6. The lowest BCUT2D eigenvalue weighted by molar-refractivity contribution is -0.124. The summed E-state index contributed by atoms with van der Waals surface area (Å²) in [4.78, 5) is 12.6. The third-order valence-corrected chi connectivity index (χ3v) is 3.87. The van der Waals surface area contributed by atoms with E-state index in [0.29, 0.717) is 19.6 Å². The van der Waals surface area contributed by atoms with Crippen LogP contribution in [-0.2, 0) is 16.0 Å². The van der Waals surface area contributed by atoms with Gasteiger partial charge in [-0.2, -0.15) is 0 Å². The van der Waals surface area contributed by atoms with E-state index in [9.17, 15) is 4.79 Å². The fraction of sp³-hybridized carbons (Fsp3) is 0.467. The monoisotopic (exact) mass is 292 g/mol. The molecule has 3 N–H and O–H groups in total. The van der Waals surface area contributed by atoms with Crippen LogP contribution in [0.1, 0.15) is 18.9 Å². The summed E-state index contributed by atoms with van der Waals surface area (Å²) in [5, 5.41) is 3.03. The zero-order valence-electron chi connectivity index (χ0n) is 11.6. The van der Waals surface area contributed by atoms with Crippen molar-refractivity contribution < 1.29 is 9.53 Å². The lowest BCUT2D eigenvalue weighted by atomic mass is 9.95. The third-order valence-electron chi connectivity index (χ3n) is 3.59. The molecule has 5 heteroatoms. The number of ether oxygens (including phenoxy) is 1. The highest BCUT2D eigenvalue weighted by molar-refractivity contribution is 7.80. The highest BCUT2D eigenvalue weighted by Crippen LogP contribution is 2.19. The molecule has 2 rings (SSSR count). The number of benzene rings is 1. The second-order valence-electron chi connectivity index (χ2n) is 5.50. The topological polar surface area (TPSA) is 64.4 Å². The Morgan fingerprint density at radius 2 is 2.20 bits per heavy atom. The number of hydrogen-bond donors (Lipinski definition) is 2. The molecule has 1 aromatic rings. The van der Waals surface area contributed by atoms with Crippen LogP contribution < -0.4 is 11.1 Å². The quantitative estimate of drug-likeness (QED) is 0.806. The van der Waals surface area contributed by atoms with Gasteiger partial charge in [0.05, 0.1) is 23.1 Å². The molecular weight excluding hydrogens is 272 g/mol. The number of rotatable bonds is 5. The molecule has 2 unspecified atom stereocenters. The van der Waals surface area contributed by atoms with Crippen LogP contribution in [0.4, 0.5) is 0 Å². The Kier molecular flexibility index (Phi) is 4.73. The first-order valence-corrected chi connectivity index (χ1v) is 7.14. The minimum Gasteiger partial charge on any atom is -0.393 e. The molecule has 0 aromatic heterocycles. The van der Waals surface area contributed by atoms with Crippen molar-refractivity contribution in [2.24, 2.45) is 11.7 Å². The summed E-state index contributed by atoms with van der Waals surface area (Å²) < 4.78 is 5.34. The molecule has 1 heterocycles. The normalized spacial score (nSPS) is 23.2. The molecule has 0 saturated carbocycles. The summed E-state index contributed by atoms with van der Waals surface area (Å²) in [6, 6.07) is 9.76. The molecule has 4 nitrogen and oxygen atoms in total. The highest BCUT2D eigenvalue weighted by atomic mass is 32.1. The van der Waals surface area contributed by atoms with E-state index in [4.69, 9.17) is 22.7 Å². The Balaban J connectivity index is 2.04. The van der Waals surface area contributed by atoms with Crippen LogP contribution in [0.3, 0.4) is 0 Å². The average molecular weight is 292 g/mol. The van der Waals surface area contributed by atoms with E-state index in [-0.39, 0.29) is 16.4 Å². The standard InChI is InChI=1S/C15H20N2O2S/c1-15(7-8-19-10-15)17-14(18)12(13(16)20)9-11-5-3-2-4-6-11/h2-6,12H,7-10H2,1H3,(H2,16,20)(H,17,18). The molecule has 108 valence electrons. The van der Waals surface area contributed by atoms with Crippen LogP contribution >= 0.6 is 12.2 Å². The Labute approximate surface area is 124 Å². The van der Waals surface area contributed by atoms with Gasteiger partial charge < -0.3 is 15.8 Å². The van der Waals surface area contributed by atoms with Crippen LogP contribution in [0.2, 0.25) is 0 Å². The van der Waals surface area contributed by atoms with Crippen LogP contribution in [-0.4, -0.2) is 29.6 Å².